The third-order valence-electron chi connectivity index (χ3n) is 1.94. The predicted molar refractivity (Wildman–Crippen MR) is 52.9 cm³/mol. The summed E-state index contributed by atoms with van der Waals surface area (Å²) < 4.78 is 30.8. The number of amidine groups is 1. The van der Waals surface area contributed by atoms with Crippen molar-refractivity contribution in [2.75, 3.05) is 6.61 Å². The predicted octanol–water partition coefficient (Wildman–Crippen LogP) is 1.92. The van der Waals surface area contributed by atoms with E-state index in [0.717, 1.165) is 6.07 Å². The highest BCUT2D eigenvalue weighted by molar-refractivity contribution is 5.79. The third-order valence-corrected chi connectivity index (χ3v) is 1.94. The van der Waals surface area contributed by atoms with Gasteiger partial charge >= 0.3 is 0 Å². The second kappa shape index (κ2) is 4.72. The van der Waals surface area contributed by atoms with Gasteiger partial charge in [-0.1, -0.05) is 13.0 Å². The van der Waals surface area contributed by atoms with Gasteiger partial charge in [-0.15, -0.1) is 0 Å². The summed E-state index contributed by atoms with van der Waals surface area (Å²) in [5.41, 5.74) is 5.20. The minimum Gasteiger partial charge on any atom is -0.490 e. The van der Waals surface area contributed by atoms with Crippen LogP contribution in [0.4, 0.5) is 8.78 Å². The Hall–Kier alpha value is -1.65. The average Bonchev–Trinajstić information content (AvgIpc) is 2.19. The number of hydrogen-bond donors (Lipinski definition) is 2. The van der Waals surface area contributed by atoms with Crippen molar-refractivity contribution < 1.29 is 13.5 Å². The smallest absolute Gasteiger partial charge is 0.200 e. The molecular weight excluding hydrogens is 202 g/mol. The number of benzene rings is 1. The standard InChI is InChI=1S/C10H12F2N2O/c1-6(10(13)14)5-15-8-4-2-3-7(11)9(8)12/h2-4,6H,5H2,1H3,(H3,13,14). The average molecular weight is 214 g/mol. The van der Waals surface area contributed by atoms with E-state index < -0.39 is 11.6 Å². The highest BCUT2D eigenvalue weighted by Gasteiger charge is 2.11. The summed E-state index contributed by atoms with van der Waals surface area (Å²) >= 11 is 0. The Kier molecular flexibility index (Phi) is 3.60. The highest BCUT2D eigenvalue weighted by atomic mass is 19.2. The third kappa shape index (κ3) is 2.90. The molecule has 0 saturated heterocycles. The van der Waals surface area contributed by atoms with Gasteiger partial charge in [0, 0.05) is 5.92 Å². The van der Waals surface area contributed by atoms with Gasteiger partial charge in [0.2, 0.25) is 5.82 Å². The summed E-state index contributed by atoms with van der Waals surface area (Å²) in [6.07, 6.45) is 0. The Morgan fingerprint density at radius 1 is 1.53 bits per heavy atom. The van der Waals surface area contributed by atoms with E-state index in [-0.39, 0.29) is 24.1 Å². The van der Waals surface area contributed by atoms with E-state index in [1.807, 2.05) is 0 Å². The number of ether oxygens (including phenoxy) is 1. The van der Waals surface area contributed by atoms with E-state index in [9.17, 15) is 8.78 Å². The van der Waals surface area contributed by atoms with Crippen LogP contribution in [0.1, 0.15) is 6.92 Å². The summed E-state index contributed by atoms with van der Waals surface area (Å²) in [5.74, 6) is -2.51. The molecule has 1 rings (SSSR count). The summed E-state index contributed by atoms with van der Waals surface area (Å²) in [7, 11) is 0. The first-order chi connectivity index (χ1) is 7.02. The van der Waals surface area contributed by atoms with Crippen molar-refractivity contribution in [3.63, 3.8) is 0 Å². The second-order valence-corrected chi connectivity index (χ2v) is 3.22. The fourth-order valence-electron chi connectivity index (χ4n) is 0.900. The lowest BCUT2D eigenvalue weighted by Crippen LogP contribution is -2.25. The van der Waals surface area contributed by atoms with Crippen molar-refractivity contribution in [2.24, 2.45) is 11.7 Å². The van der Waals surface area contributed by atoms with Crippen LogP contribution >= 0.6 is 0 Å². The molecule has 1 atom stereocenters. The molecule has 15 heavy (non-hydrogen) atoms. The molecule has 0 radical (unpaired) electrons. The van der Waals surface area contributed by atoms with Gasteiger partial charge in [-0.25, -0.2) is 4.39 Å². The highest BCUT2D eigenvalue weighted by Crippen LogP contribution is 2.19. The minimum absolute atomic E-state index is 0.0492. The second-order valence-electron chi connectivity index (χ2n) is 3.22. The molecule has 0 aliphatic carbocycles. The Morgan fingerprint density at radius 3 is 2.80 bits per heavy atom. The Morgan fingerprint density at radius 2 is 2.20 bits per heavy atom. The first kappa shape index (κ1) is 11.4. The zero-order valence-electron chi connectivity index (χ0n) is 8.26. The lowest BCUT2D eigenvalue weighted by molar-refractivity contribution is 0.273. The quantitative estimate of drug-likeness (QED) is 0.594. The SMILES string of the molecule is CC(COc1cccc(F)c1F)C(=N)N. The number of nitrogens with one attached hydrogen (secondary N) is 1. The van der Waals surface area contributed by atoms with E-state index in [2.05, 4.69) is 0 Å². The van der Waals surface area contributed by atoms with Gasteiger partial charge < -0.3 is 10.5 Å². The van der Waals surface area contributed by atoms with Gasteiger partial charge in [0.25, 0.3) is 0 Å². The first-order valence-corrected chi connectivity index (χ1v) is 4.43. The molecule has 0 saturated carbocycles. The van der Waals surface area contributed by atoms with E-state index in [4.69, 9.17) is 15.9 Å². The zero-order valence-corrected chi connectivity index (χ0v) is 8.26. The first-order valence-electron chi connectivity index (χ1n) is 4.43. The van der Waals surface area contributed by atoms with Gasteiger partial charge in [-0.05, 0) is 12.1 Å². The Balaban J connectivity index is 2.66. The van der Waals surface area contributed by atoms with Gasteiger partial charge in [0.15, 0.2) is 11.6 Å². The molecular formula is C10H12F2N2O. The molecule has 0 aromatic heterocycles. The topological polar surface area (TPSA) is 59.1 Å². The van der Waals surface area contributed by atoms with Crippen LogP contribution in [0.15, 0.2) is 18.2 Å². The molecule has 3 nitrogen and oxygen atoms in total. The van der Waals surface area contributed by atoms with Crippen molar-refractivity contribution in [3.05, 3.63) is 29.8 Å². The molecule has 0 bridgehead atoms. The minimum atomic E-state index is -1.02. The number of nitrogens with two attached hydrogens (primary N) is 1. The van der Waals surface area contributed by atoms with E-state index in [1.54, 1.807) is 6.92 Å². The number of rotatable bonds is 4. The van der Waals surface area contributed by atoms with E-state index >= 15 is 0 Å². The van der Waals surface area contributed by atoms with Crippen LogP contribution in [0, 0.1) is 23.0 Å². The summed E-state index contributed by atoms with van der Waals surface area (Å²) in [6, 6.07) is 3.69. The normalized spacial score (nSPS) is 12.2. The van der Waals surface area contributed by atoms with Crippen molar-refractivity contribution in [2.45, 2.75) is 6.92 Å². The van der Waals surface area contributed by atoms with E-state index in [1.165, 1.54) is 12.1 Å². The maximum Gasteiger partial charge on any atom is 0.200 e. The monoisotopic (exact) mass is 214 g/mol. The molecule has 1 aromatic carbocycles. The van der Waals surface area contributed by atoms with Gasteiger partial charge in [0.1, 0.15) is 0 Å². The molecule has 1 aromatic rings. The van der Waals surface area contributed by atoms with Gasteiger partial charge in [0.05, 0.1) is 12.4 Å². The molecule has 0 heterocycles. The van der Waals surface area contributed by atoms with Gasteiger partial charge in [-0.2, -0.15) is 4.39 Å². The van der Waals surface area contributed by atoms with Gasteiger partial charge in [-0.3, -0.25) is 5.41 Å². The molecule has 0 aliphatic heterocycles. The largest absolute Gasteiger partial charge is 0.490 e. The van der Waals surface area contributed by atoms with Crippen LogP contribution in [0.3, 0.4) is 0 Å². The molecule has 5 heteroatoms. The maximum absolute atomic E-state index is 13.1. The molecule has 0 spiro atoms. The molecule has 82 valence electrons. The zero-order chi connectivity index (χ0) is 11.4. The summed E-state index contributed by atoms with van der Waals surface area (Å²) in [4.78, 5) is 0. The van der Waals surface area contributed by atoms with Crippen LogP contribution < -0.4 is 10.5 Å². The lowest BCUT2D eigenvalue weighted by atomic mass is 10.2. The number of hydrogen-bond acceptors (Lipinski definition) is 2. The fraction of sp³-hybridized carbons (Fsp3) is 0.300. The van der Waals surface area contributed by atoms with Crippen LogP contribution in [-0.4, -0.2) is 12.4 Å². The molecule has 1 unspecified atom stereocenters. The summed E-state index contributed by atoms with van der Waals surface area (Å²) in [5, 5.41) is 7.09. The lowest BCUT2D eigenvalue weighted by Gasteiger charge is -2.11. The summed E-state index contributed by atoms with van der Waals surface area (Å²) in [6.45, 7) is 1.72. The molecule has 0 amide bonds. The Bertz CT molecular complexity index is 368. The van der Waals surface area contributed by atoms with Crippen LogP contribution in [0.5, 0.6) is 5.75 Å². The van der Waals surface area contributed by atoms with Crippen molar-refractivity contribution in [3.8, 4) is 5.75 Å². The van der Waals surface area contributed by atoms with Crippen LogP contribution in [0.2, 0.25) is 0 Å². The van der Waals surface area contributed by atoms with E-state index in [0.29, 0.717) is 0 Å². The molecule has 3 N–H and O–H groups in total. The molecule has 0 fully saturated rings. The molecule has 0 aliphatic rings. The van der Waals surface area contributed by atoms with Crippen LogP contribution in [-0.2, 0) is 0 Å². The van der Waals surface area contributed by atoms with Crippen LogP contribution in [0.25, 0.3) is 0 Å². The fourth-order valence-corrected chi connectivity index (χ4v) is 0.900. The van der Waals surface area contributed by atoms with Crippen molar-refractivity contribution >= 4 is 5.84 Å². The van der Waals surface area contributed by atoms with Crippen molar-refractivity contribution in [1.82, 2.24) is 0 Å². The Labute approximate surface area is 86.4 Å². The maximum atomic E-state index is 13.1. The number of halogens is 2. The van der Waals surface area contributed by atoms with Crippen molar-refractivity contribution in [1.29, 1.82) is 5.41 Å².